The summed E-state index contributed by atoms with van der Waals surface area (Å²) in [5, 5.41) is 2.80. The van der Waals surface area contributed by atoms with Gasteiger partial charge in [0.1, 0.15) is 6.61 Å². The van der Waals surface area contributed by atoms with Crippen LogP contribution in [0.5, 0.6) is 0 Å². The van der Waals surface area contributed by atoms with Gasteiger partial charge in [0.2, 0.25) is 0 Å². The number of carbonyl (C=O) groups excluding carboxylic acids is 2. The van der Waals surface area contributed by atoms with E-state index in [0.29, 0.717) is 18.7 Å². The van der Waals surface area contributed by atoms with Crippen molar-refractivity contribution >= 4 is 12.0 Å². The van der Waals surface area contributed by atoms with Crippen molar-refractivity contribution in [3.05, 3.63) is 65.5 Å². The number of hydrogen-bond donors (Lipinski definition) is 0. The van der Waals surface area contributed by atoms with Crippen LogP contribution in [0.4, 0.5) is 4.79 Å². The molecule has 0 aliphatic carbocycles. The lowest BCUT2D eigenvalue weighted by atomic mass is 10.2. The second kappa shape index (κ2) is 7.12. The molecule has 1 fully saturated rings. The highest BCUT2D eigenvalue weighted by Gasteiger charge is 2.32. The molecule has 2 aromatic rings. The highest BCUT2D eigenvalue weighted by Crippen LogP contribution is 2.17. The summed E-state index contributed by atoms with van der Waals surface area (Å²) in [6, 6.07) is 11.2. The van der Waals surface area contributed by atoms with Crippen molar-refractivity contribution in [2.45, 2.75) is 20.0 Å². The van der Waals surface area contributed by atoms with Crippen LogP contribution >= 0.6 is 0 Å². The molecule has 0 spiro atoms. The Kier molecular flexibility index (Phi) is 4.74. The third-order valence-corrected chi connectivity index (χ3v) is 3.80. The predicted octanol–water partition coefficient (Wildman–Crippen LogP) is 2.79. The van der Waals surface area contributed by atoms with Crippen LogP contribution in [-0.2, 0) is 11.3 Å². The number of amides is 2. The van der Waals surface area contributed by atoms with Gasteiger partial charge in [-0.25, -0.2) is 14.8 Å². The Hall–Kier alpha value is -2.89. The standard InChI is InChI=1S/C18H19N3O3/c1-14-10-16(12-19-11-14)17(22)20-8-5-9-21(20)18(23)24-13-15-6-3-2-4-7-15/h2-4,6-7,10-12H,5,8-9,13H2,1H3. The third kappa shape index (κ3) is 3.53. The van der Waals surface area contributed by atoms with E-state index < -0.39 is 6.09 Å². The summed E-state index contributed by atoms with van der Waals surface area (Å²) in [6.45, 7) is 3.02. The Labute approximate surface area is 140 Å². The van der Waals surface area contributed by atoms with Gasteiger partial charge in [0.05, 0.1) is 5.56 Å². The van der Waals surface area contributed by atoms with Gasteiger partial charge in [0, 0.05) is 25.5 Å². The minimum absolute atomic E-state index is 0.185. The van der Waals surface area contributed by atoms with Crippen LogP contribution in [0.2, 0.25) is 0 Å². The Morgan fingerprint density at radius 3 is 2.62 bits per heavy atom. The van der Waals surface area contributed by atoms with E-state index in [1.165, 1.54) is 16.2 Å². The van der Waals surface area contributed by atoms with Gasteiger partial charge in [-0.15, -0.1) is 0 Å². The van der Waals surface area contributed by atoms with Crippen molar-refractivity contribution in [3.8, 4) is 0 Å². The van der Waals surface area contributed by atoms with Crippen LogP contribution in [0.15, 0.2) is 48.8 Å². The first kappa shape index (κ1) is 16.0. The summed E-state index contributed by atoms with van der Waals surface area (Å²) in [5.41, 5.74) is 2.28. The van der Waals surface area contributed by atoms with E-state index >= 15 is 0 Å². The molecule has 0 saturated carbocycles. The van der Waals surface area contributed by atoms with Crippen molar-refractivity contribution < 1.29 is 14.3 Å². The molecular formula is C18H19N3O3. The van der Waals surface area contributed by atoms with Crippen LogP contribution < -0.4 is 0 Å². The molecule has 1 saturated heterocycles. The number of hydrazine groups is 1. The molecule has 2 heterocycles. The SMILES string of the molecule is Cc1cncc(C(=O)N2CCCN2C(=O)OCc2ccccc2)c1. The second-order valence-corrected chi connectivity index (χ2v) is 5.70. The molecule has 6 heteroatoms. The van der Waals surface area contributed by atoms with Crippen molar-refractivity contribution in [1.29, 1.82) is 0 Å². The van der Waals surface area contributed by atoms with E-state index in [0.717, 1.165) is 17.5 Å². The zero-order valence-electron chi connectivity index (χ0n) is 13.5. The Morgan fingerprint density at radius 2 is 1.88 bits per heavy atom. The summed E-state index contributed by atoms with van der Waals surface area (Å²) in [7, 11) is 0. The summed E-state index contributed by atoms with van der Waals surface area (Å²) < 4.78 is 5.33. The van der Waals surface area contributed by atoms with Crippen LogP contribution in [0.1, 0.15) is 27.9 Å². The van der Waals surface area contributed by atoms with Crippen LogP contribution in [0.3, 0.4) is 0 Å². The minimum atomic E-state index is -0.509. The van der Waals surface area contributed by atoms with Crippen molar-refractivity contribution in [2.24, 2.45) is 0 Å². The maximum Gasteiger partial charge on any atom is 0.429 e. The molecular weight excluding hydrogens is 306 g/mol. The average Bonchev–Trinajstić information content (AvgIpc) is 3.09. The number of benzene rings is 1. The second-order valence-electron chi connectivity index (χ2n) is 5.70. The highest BCUT2D eigenvalue weighted by molar-refractivity contribution is 5.95. The van der Waals surface area contributed by atoms with Gasteiger partial charge in [-0.05, 0) is 30.5 Å². The van der Waals surface area contributed by atoms with E-state index in [9.17, 15) is 9.59 Å². The lowest BCUT2D eigenvalue weighted by Gasteiger charge is -2.27. The molecule has 0 unspecified atom stereocenters. The van der Waals surface area contributed by atoms with Gasteiger partial charge < -0.3 is 4.74 Å². The number of pyridine rings is 1. The van der Waals surface area contributed by atoms with E-state index in [4.69, 9.17) is 4.74 Å². The minimum Gasteiger partial charge on any atom is -0.443 e. The predicted molar refractivity (Wildman–Crippen MR) is 88.0 cm³/mol. The molecule has 0 bridgehead atoms. The number of ether oxygens (including phenoxy) is 1. The molecule has 0 radical (unpaired) electrons. The topological polar surface area (TPSA) is 62.7 Å². The van der Waals surface area contributed by atoms with Crippen LogP contribution in [0.25, 0.3) is 0 Å². The highest BCUT2D eigenvalue weighted by atomic mass is 16.6. The summed E-state index contributed by atoms with van der Waals surface area (Å²) in [6.07, 6.45) is 3.42. The van der Waals surface area contributed by atoms with E-state index in [2.05, 4.69) is 4.98 Å². The van der Waals surface area contributed by atoms with Crippen LogP contribution in [0, 0.1) is 6.92 Å². The quantitative estimate of drug-likeness (QED) is 0.870. The van der Waals surface area contributed by atoms with E-state index in [-0.39, 0.29) is 12.5 Å². The van der Waals surface area contributed by atoms with Gasteiger partial charge >= 0.3 is 6.09 Å². The van der Waals surface area contributed by atoms with Gasteiger partial charge in [-0.2, -0.15) is 0 Å². The number of nitrogens with zero attached hydrogens (tertiary/aromatic N) is 3. The fourth-order valence-corrected chi connectivity index (χ4v) is 2.63. The lowest BCUT2D eigenvalue weighted by Crippen LogP contribution is -2.45. The molecule has 3 rings (SSSR count). The summed E-state index contributed by atoms with van der Waals surface area (Å²) >= 11 is 0. The largest absolute Gasteiger partial charge is 0.443 e. The average molecular weight is 325 g/mol. The molecule has 1 aliphatic heterocycles. The smallest absolute Gasteiger partial charge is 0.429 e. The monoisotopic (exact) mass is 325 g/mol. The lowest BCUT2D eigenvalue weighted by molar-refractivity contribution is 0.0110. The Morgan fingerprint density at radius 1 is 1.12 bits per heavy atom. The molecule has 1 aromatic heterocycles. The summed E-state index contributed by atoms with van der Waals surface area (Å²) in [5.74, 6) is -0.236. The Bertz CT molecular complexity index is 733. The van der Waals surface area contributed by atoms with Gasteiger partial charge in [-0.1, -0.05) is 30.3 Å². The number of rotatable bonds is 3. The van der Waals surface area contributed by atoms with Gasteiger partial charge in [-0.3, -0.25) is 9.78 Å². The molecule has 1 aromatic carbocycles. The first-order valence-electron chi connectivity index (χ1n) is 7.87. The maximum absolute atomic E-state index is 12.6. The molecule has 0 atom stereocenters. The van der Waals surface area contributed by atoms with Crippen LogP contribution in [-0.4, -0.2) is 40.1 Å². The molecule has 124 valence electrons. The summed E-state index contributed by atoms with van der Waals surface area (Å²) in [4.78, 5) is 29.0. The normalized spacial score (nSPS) is 13.9. The van der Waals surface area contributed by atoms with Crippen molar-refractivity contribution in [2.75, 3.05) is 13.1 Å². The first-order valence-corrected chi connectivity index (χ1v) is 7.87. The first-order chi connectivity index (χ1) is 11.6. The van der Waals surface area contributed by atoms with Crippen molar-refractivity contribution in [3.63, 3.8) is 0 Å². The fraction of sp³-hybridized carbons (Fsp3) is 0.278. The number of hydrogen-bond acceptors (Lipinski definition) is 4. The zero-order chi connectivity index (χ0) is 16.9. The van der Waals surface area contributed by atoms with Crippen molar-refractivity contribution in [1.82, 2.24) is 15.0 Å². The molecule has 1 aliphatic rings. The molecule has 2 amide bonds. The molecule has 0 N–H and O–H groups in total. The zero-order valence-corrected chi connectivity index (χ0v) is 13.5. The Balaban J connectivity index is 1.66. The molecule has 6 nitrogen and oxygen atoms in total. The number of aromatic nitrogens is 1. The number of carbonyl (C=O) groups is 2. The number of aryl methyl sites for hydroxylation is 1. The van der Waals surface area contributed by atoms with E-state index in [1.54, 1.807) is 12.3 Å². The third-order valence-electron chi connectivity index (χ3n) is 3.80. The van der Waals surface area contributed by atoms with Gasteiger partial charge in [0.15, 0.2) is 0 Å². The fourth-order valence-electron chi connectivity index (χ4n) is 2.63. The van der Waals surface area contributed by atoms with Gasteiger partial charge in [0.25, 0.3) is 5.91 Å². The maximum atomic E-state index is 12.6. The molecule has 24 heavy (non-hydrogen) atoms. The van der Waals surface area contributed by atoms with E-state index in [1.807, 2.05) is 37.3 Å².